The van der Waals surface area contributed by atoms with Crippen LogP contribution in [0.5, 0.6) is 0 Å². The van der Waals surface area contributed by atoms with Crippen LogP contribution in [0.3, 0.4) is 0 Å². The minimum atomic E-state index is -0.0434. The molecule has 0 aliphatic rings. The molecule has 4 N–H and O–H groups in total. The molecule has 0 bridgehead atoms. The topological polar surface area (TPSA) is 52.0 Å². The standard InChI is InChI=1S/C9H13BrN2/c1-6-4-7(10)2-3-8(6)9(12)5-11/h2-4,9H,5,11-12H2,1H3. The summed E-state index contributed by atoms with van der Waals surface area (Å²) in [6.45, 7) is 2.53. The lowest BCUT2D eigenvalue weighted by molar-refractivity contribution is 0.731. The summed E-state index contributed by atoms with van der Waals surface area (Å²) in [6.07, 6.45) is 0. The molecule has 0 aliphatic carbocycles. The lowest BCUT2D eigenvalue weighted by atomic mass is 10.0. The zero-order valence-electron chi connectivity index (χ0n) is 7.05. The van der Waals surface area contributed by atoms with E-state index in [1.807, 2.05) is 25.1 Å². The molecule has 1 rings (SSSR count). The third kappa shape index (κ3) is 2.06. The summed E-state index contributed by atoms with van der Waals surface area (Å²) >= 11 is 3.40. The Morgan fingerprint density at radius 1 is 1.50 bits per heavy atom. The minimum absolute atomic E-state index is 0.0434. The van der Waals surface area contributed by atoms with Gasteiger partial charge >= 0.3 is 0 Å². The van der Waals surface area contributed by atoms with Gasteiger partial charge in [0, 0.05) is 17.1 Å². The van der Waals surface area contributed by atoms with E-state index in [0.717, 1.165) is 10.0 Å². The van der Waals surface area contributed by atoms with Crippen LogP contribution in [-0.4, -0.2) is 6.54 Å². The fourth-order valence-corrected chi connectivity index (χ4v) is 1.66. The highest BCUT2D eigenvalue weighted by Gasteiger charge is 2.06. The molecule has 0 aliphatic heterocycles. The van der Waals surface area contributed by atoms with Crippen molar-refractivity contribution in [3.63, 3.8) is 0 Å². The third-order valence-electron chi connectivity index (χ3n) is 1.89. The van der Waals surface area contributed by atoms with Crippen molar-refractivity contribution in [2.45, 2.75) is 13.0 Å². The van der Waals surface area contributed by atoms with E-state index in [9.17, 15) is 0 Å². The molecule has 0 aromatic heterocycles. The molecular weight excluding hydrogens is 216 g/mol. The van der Waals surface area contributed by atoms with E-state index in [1.54, 1.807) is 0 Å². The predicted molar refractivity (Wildman–Crippen MR) is 54.9 cm³/mol. The SMILES string of the molecule is Cc1cc(Br)ccc1C(N)CN. The van der Waals surface area contributed by atoms with Gasteiger partial charge in [0.05, 0.1) is 0 Å². The Morgan fingerprint density at radius 2 is 2.17 bits per heavy atom. The fraction of sp³-hybridized carbons (Fsp3) is 0.333. The molecule has 0 saturated carbocycles. The first-order valence-electron chi connectivity index (χ1n) is 3.87. The first-order valence-corrected chi connectivity index (χ1v) is 4.66. The van der Waals surface area contributed by atoms with E-state index in [-0.39, 0.29) is 6.04 Å². The maximum Gasteiger partial charge on any atom is 0.0422 e. The minimum Gasteiger partial charge on any atom is -0.329 e. The van der Waals surface area contributed by atoms with Crippen LogP contribution in [0.2, 0.25) is 0 Å². The van der Waals surface area contributed by atoms with E-state index in [0.29, 0.717) is 6.54 Å². The van der Waals surface area contributed by atoms with Crippen LogP contribution < -0.4 is 11.5 Å². The van der Waals surface area contributed by atoms with Crippen LogP contribution in [0.1, 0.15) is 17.2 Å². The van der Waals surface area contributed by atoms with Gasteiger partial charge in [-0.15, -0.1) is 0 Å². The second-order valence-electron chi connectivity index (χ2n) is 2.84. The van der Waals surface area contributed by atoms with Crippen molar-refractivity contribution in [2.24, 2.45) is 11.5 Å². The molecule has 0 radical (unpaired) electrons. The van der Waals surface area contributed by atoms with E-state index in [4.69, 9.17) is 11.5 Å². The Labute approximate surface area is 81.1 Å². The summed E-state index contributed by atoms with van der Waals surface area (Å²) in [5, 5.41) is 0. The van der Waals surface area contributed by atoms with Gasteiger partial charge in [-0.1, -0.05) is 22.0 Å². The van der Waals surface area contributed by atoms with Crippen molar-refractivity contribution in [1.29, 1.82) is 0 Å². The highest BCUT2D eigenvalue weighted by molar-refractivity contribution is 9.10. The van der Waals surface area contributed by atoms with Crippen LogP contribution in [0.25, 0.3) is 0 Å². The zero-order valence-corrected chi connectivity index (χ0v) is 8.64. The van der Waals surface area contributed by atoms with Gasteiger partial charge < -0.3 is 11.5 Å². The Bertz CT molecular complexity index is 273. The van der Waals surface area contributed by atoms with Crippen molar-refractivity contribution >= 4 is 15.9 Å². The molecule has 1 atom stereocenters. The highest BCUT2D eigenvalue weighted by Crippen LogP contribution is 2.19. The van der Waals surface area contributed by atoms with Gasteiger partial charge in [-0.2, -0.15) is 0 Å². The predicted octanol–water partition coefficient (Wildman–Crippen LogP) is 1.72. The summed E-state index contributed by atoms with van der Waals surface area (Å²) in [4.78, 5) is 0. The molecule has 66 valence electrons. The van der Waals surface area contributed by atoms with Gasteiger partial charge in [0.15, 0.2) is 0 Å². The zero-order chi connectivity index (χ0) is 9.14. The molecule has 0 saturated heterocycles. The summed E-state index contributed by atoms with van der Waals surface area (Å²) in [7, 11) is 0. The molecule has 0 spiro atoms. The van der Waals surface area contributed by atoms with Gasteiger partial charge in [0.25, 0.3) is 0 Å². The average molecular weight is 229 g/mol. The van der Waals surface area contributed by atoms with E-state index < -0.39 is 0 Å². The largest absolute Gasteiger partial charge is 0.329 e. The molecule has 12 heavy (non-hydrogen) atoms. The molecule has 2 nitrogen and oxygen atoms in total. The first-order chi connectivity index (χ1) is 5.65. The second-order valence-corrected chi connectivity index (χ2v) is 3.76. The number of rotatable bonds is 2. The summed E-state index contributed by atoms with van der Waals surface area (Å²) in [5.74, 6) is 0. The number of hydrogen-bond acceptors (Lipinski definition) is 2. The van der Waals surface area contributed by atoms with E-state index in [1.165, 1.54) is 5.56 Å². The van der Waals surface area contributed by atoms with E-state index in [2.05, 4.69) is 15.9 Å². The molecule has 0 heterocycles. The number of aryl methyl sites for hydroxylation is 1. The van der Waals surface area contributed by atoms with Crippen molar-refractivity contribution in [1.82, 2.24) is 0 Å². The number of benzene rings is 1. The molecule has 1 unspecified atom stereocenters. The molecule has 1 aromatic rings. The summed E-state index contributed by atoms with van der Waals surface area (Å²) in [5.41, 5.74) is 13.6. The van der Waals surface area contributed by atoms with Gasteiger partial charge in [0.2, 0.25) is 0 Å². The van der Waals surface area contributed by atoms with Gasteiger partial charge in [-0.3, -0.25) is 0 Å². The van der Waals surface area contributed by atoms with Gasteiger partial charge in [-0.25, -0.2) is 0 Å². The molecule has 1 aromatic carbocycles. The van der Waals surface area contributed by atoms with Crippen molar-refractivity contribution in [3.8, 4) is 0 Å². The lowest BCUT2D eigenvalue weighted by Crippen LogP contribution is -2.21. The molecule has 0 fully saturated rings. The van der Waals surface area contributed by atoms with Gasteiger partial charge in [0.1, 0.15) is 0 Å². The van der Waals surface area contributed by atoms with Crippen molar-refractivity contribution in [2.75, 3.05) is 6.54 Å². The number of hydrogen-bond donors (Lipinski definition) is 2. The molecule has 3 heteroatoms. The van der Waals surface area contributed by atoms with Crippen LogP contribution >= 0.6 is 15.9 Å². The van der Waals surface area contributed by atoms with Crippen LogP contribution in [0.15, 0.2) is 22.7 Å². The maximum atomic E-state index is 5.80. The Balaban J connectivity index is 3.01. The Kier molecular flexibility index (Phi) is 3.26. The average Bonchev–Trinajstić information content (AvgIpc) is 2.03. The summed E-state index contributed by atoms with van der Waals surface area (Å²) < 4.78 is 1.08. The molecular formula is C9H13BrN2. The lowest BCUT2D eigenvalue weighted by Gasteiger charge is -2.12. The number of nitrogens with two attached hydrogens (primary N) is 2. The summed E-state index contributed by atoms with van der Waals surface area (Å²) in [6, 6.07) is 6.00. The van der Waals surface area contributed by atoms with Crippen molar-refractivity contribution < 1.29 is 0 Å². The number of halogens is 1. The monoisotopic (exact) mass is 228 g/mol. The quantitative estimate of drug-likeness (QED) is 0.811. The molecule has 0 amide bonds. The Hall–Kier alpha value is -0.380. The second kappa shape index (κ2) is 4.03. The third-order valence-corrected chi connectivity index (χ3v) is 2.38. The first kappa shape index (κ1) is 9.71. The van der Waals surface area contributed by atoms with Gasteiger partial charge in [-0.05, 0) is 30.2 Å². The van der Waals surface area contributed by atoms with Crippen LogP contribution in [0.4, 0.5) is 0 Å². The van der Waals surface area contributed by atoms with Crippen LogP contribution in [0, 0.1) is 6.92 Å². The fourth-order valence-electron chi connectivity index (χ4n) is 1.18. The normalized spacial score (nSPS) is 13.0. The highest BCUT2D eigenvalue weighted by atomic mass is 79.9. The van der Waals surface area contributed by atoms with Crippen LogP contribution in [-0.2, 0) is 0 Å². The smallest absolute Gasteiger partial charge is 0.0422 e. The maximum absolute atomic E-state index is 5.80. The Morgan fingerprint density at radius 3 is 2.67 bits per heavy atom. The van der Waals surface area contributed by atoms with Crippen molar-refractivity contribution in [3.05, 3.63) is 33.8 Å². The van der Waals surface area contributed by atoms with E-state index >= 15 is 0 Å².